The monoisotopic (exact) mass is 448 g/mol. The van der Waals surface area contributed by atoms with Crippen LogP contribution in [0.4, 0.5) is 4.39 Å². The van der Waals surface area contributed by atoms with E-state index in [-0.39, 0.29) is 23.4 Å². The average Bonchev–Trinajstić information content (AvgIpc) is 3.09. The van der Waals surface area contributed by atoms with Crippen molar-refractivity contribution in [2.75, 3.05) is 14.2 Å². The Labute approximate surface area is 189 Å². The molecule has 168 valence electrons. The van der Waals surface area contributed by atoms with Crippen LogP contribution in [-0.2, 0) is 16.1 Å². The Hall–Kier alpha value is -4.20. The SMILES string of the molecule is COc1ccc(C(O)=C2C(=O)C(=O)N(Cc3cccnc3)[C@@H]2c2ccc(F)cc2)c(OC)c1. The molecule has 1 N–H and O–H groups in total. The van der Waals surface area contributed by atoms with E-state index in [1.54, 1.807) is 42.7 Å². The van der Waals surface area contributed by atoms with E-state index < -0.39 is 29.3 Å². The summed E-state index contributed by atoms with van der Waals surface area (Å²) in [7, 11) is 2.91. The minimum absolute atomic E-state index is 0.0803. The fourth-order valence-corrected chi connectivity index (χ4v) is 3.86. The molecular formula is C25H21FN2O5. The first kappa shape index (κ1) is 22.0. The van der Waals surface area contributed by atoms with Gasteiger partial charge in [-0.2, -0.15) is 0 Å². The number of carbonyl (C=O) groups is 2. The molecule has 1 aromatic heterocycles. The van der Waals surface area contributed by atoms with Crippen molar-refractivity contribution in [2.45, 2.75) is 12.6 Å². The quantitative estimate of drug-likeness (QED) is 0.350. The second-order valence-electron chi connectivity index (χ2n) is 7.41. The second-order valence-corrected chi connectivity index (χ2v) is 7.41. The zero-order chi connectivity index (χ0) is 23.5. The van der Waals surface area contributed by atoms with Crippen LogP contribution in [-0.4, -0.2) is 40.9 Å². The van der Waals surface area contributed by atoms with Crippen LogP contribution in [0.2, 0.25) is 0 Å². The summed E-state index contributed by atoms with van der Waals surface area (Å²) >= 11 is 0. The maximum atomic E-state index is 13.6. The molecule has 0 spiro atoms. The van der Waals surface area contributed by atoms with Gasteiger partial charge < -0.3 is 19.5 Å². The molecule has 0 radical (unpaired) electrons. The lowest BCUT2D eigenvalue weighted by atomic mass is 9.95. The van der Waals surface area contributed by atoms with E-state index in [0.29, 0.717) is 16.9 Å². The maximum absolute atomic E-state index is 13.6. The van der Waals surface area contributed by atoms with Gasteiger partial charge in [-0.3, -0.25) is 14.6 Å². The van der Waals surface area contributed by atoms with Gasteiger partial charge in [0.25, 0.3) is 11.7 Å². The first-order chi connectivity index (χ1) is 15.9. The number of hydrogen-bond donors (Lipinski definition) is 1. The van der Waals surface area contributed by atoms with Gasteiger partial charge in [-0.25, -0.2) is 4.39 Å². The number of rotatable bonds is 6. The lowest BCUT2D eigenvalue weighted by molar-refractivity contribution is -0.140. The van der Waals surface area contributed by atoms with Crippen molar-refractivity contribution in [3.8, 4) is 11.5 Å². The molecule has 1 saturated heterocycles. The standard InChI is InChI=1S/C25H21FN2O5/c1-32-18-9-10-19(20(12-18)33-2)23(29)21-22(16-5-7-17(26)8-6-16)28(25(31)24(21)30)14-15-4-3-11-27-13-15/h3-13,22,29H,14H2,1-2H3/t22-/m1/s1. The number of methoxy groups -OCH3 is 2. The van der Waals surface area contributed by atoms with Crippen molar-refractivity contribution >= 4 is 17.4 Å². The highest BCUT2D eigenvalue weighted by Crippen LogP contribution is 2.42. The molecule has 0 unspecified atom stereocenters. The van der Waals surface area contributed by atoms with E-state index in [1.807, 2.05) is 0 Å². The Morgan fingerprint density at radius 3 is 2.48 bits per heavy atom. The number of aliphatic hydroxyl groups excluding tert-OH is 1. The summed E-state index contributed by atoms with van der Waals surface area (Å²) in [5, 5.41) is 11.2. The van der Waals surface area contributed by atoms with Gasteiger partial charge >= 0.3 is 0 Å². The summed E-state index contributed by atoms with van der Waals surface area (Å²) in [6, 6.07) is 12.7. The van der Waals surface area contributed by atoms with E-state index in [2.05, 4.69) is 4.98 Å². The largest absolute Gasteiger partial charge is 0.507 e. The van der Waals surface area contributed by atoms with E-state index in [4.69, 9.17) is 9.47 Å². The van der Waals surface area contributed by atoms with Gasteiger partial charge in [0.1, 0.15) is 23.1 Å². The number of amides is 1. The number of Topliss-reactive ketones (excluding diaryl/α,β-unsaturated/α-hetero) is 1. The van der Waals surface area contributed by atoms with Gasteiger partial charge in [-0.1, -0.05) is 18.2 Å². The highest BCUT2D eigenvalue weighted by atomic mass is 19.1. The highest BCUT2D eigenvalue weighted by Gasteiger charge is 2.46. The van der Waals surface area contributed by atoms with Gasteiger partial charge in [0.15, 0.2) is 0 Å². The van der Waals surface area contributed by atoms with Gasteiger partial charge in [0.05, 0.1) is 31.4 Å². The third-order valence-electron chi connectivity index (χ3n) is 5.47. The van der Waals surface area contributed by atoms with Crippen molar-refractivity contribution in [3.05, 3.63) is 95.1 Å². The predicted octanol–water partition coefficient (Wildman–Crippen LogP) is 3.86. The molecule has 4 rings (SSSR count). The zero-order valence-electron chi connectivity index (χ0n) is 18.0. The van der Waals surface area contributed by atoms with E-state index >= 15 is 0 Å². The number of benzene rings is 2. The van der Waals surface area contributed by atoms with Crippen LogP contribution >= 0.6 is 0 Å². The number of likely N-dealkylation sites (tertiary alicyclic amines) is 1. The molecule has 1 amide bonds. The normalized spacial score (nSPS) is 17.3. The summed E-state index contributed by atoms with van der Waals surface area (Å²) in [5.74, 6) is -1.71. The Bertz CT molecular complexity index is 1230. The fraction of sp³-hybridized carbons (Fsp3) is 0.160. The van der Waals surface area contributed by atoms with E-state index in [1.165, 1.54) is 43.4 Å². The molecule has 3 aromatic rings. The second kappa shape index (κ2) is 9.12. The Morgan fingerprint density at radius 2 is 1.85 bits per heavy atom. The highest BCUT2D eigenvalue weighted by molar-refractivity contribution is 6.46. The smallest absolute Gasteiger partial charge is 0.295 e. The molecule has 2 heterocycles. The molecule has 0 saturated carbocycles. The molecule has 0 aliphatic carbocycles. The van der Waals surface area contributed by atoms with Crippen LogP contribution in [0.25, 0.3) is 5.76 Å². The van der Waals surface area contributed by atoms with Crippen molar-refractivity contribution in [2.24, 2.45) is 0 Å². The predicted molar refractivity (Wildman–Crippen MR) is 118 cm³/mol. The summed E-state index contributed by atoms with van der Waals surface area (Å²) < 4.78 is 24.2. The van der Waals surface area contributed by atoms with Gasteiger partial charge in [0.2, 0.25) is 0 Å². The van der Waals surface area contributed by atoms with Gasteiger partial charge in [-0.05, 0) is 41.5 Å². The van der Waals surface area contributed by atoms with Crippen LogP contribution in [0, 0.1) is 5.82 Å². The summed E-state index contributed by atoms with van der Waals surface area (Å²) in [6.45, 7) is 0.0803. The van der Waals surface area contributed by atoms with Crippen LogP contribution < -0.4 is 9.47 Å². The van der Waals surface area contributed by atoms with Crippen LogP contribution in [0.15, 0.2) is 72.6 Å². The molecular weight excluding hydrogens is 427 g/mol. The molecule has 1 aliphatic heterocycles. The number of carbonyl (C=O) groups excluding carboxylic acids is 2. The zero-order valence-corrected chi connectivity index (χ0v) is 18.0. The fourth-order valence-electron chi connectivity index (χ4n) is 3.86. The first-order valence-corrected chi connectivity index (χ1v) is 10.1. The van der Waals surface area contributed by atoms with Crippen molar-refractivity contribution < 1.29 is 28.6 Å². The number of aliphatic hydroxyl groups is 1. The molecule has 8 heteroatoms. The van der Waals surface area contributed by atoms with Crippen LogP contribution in [0.1, 0.15) is 22.7 Å². The number of aromatic nitrogens is 1. The van der Waals surface area contributed by atoms with Gasteiger partial charge in [0, 0.05) is 25.0 Å². The number of pyridine rings is 1. The molecule has 0 bridgehead atoms. The summed E-state index contributed by atoms with van der Waals surface area (Å²) in [6.07, 6.45) is 3.19. The lowest BCUT2D eigenvalue weighted by Gasteiger charge is -2.25. The number of ether oxygens (including phenoxy) is 2. The van der Waals surface area contributed by atoms with Gasteiger partial charge in [-0.15, -0.1) is 0 Å². The van der Waals surface area contributed by atoms with E-state index in [9.17, 15) is 19.1 Å². The maximum Gasteiger partial charge on any atom is 0.295 e. The Morgan fingerprint density at radius 1 is 1.09 bits per heavy atom. The minimum atomic E-state index is -0.933. The van der Waals surface area contributed by atoms with Crippen molar-refractivity contribution in [1.29, 1.82) is 0 Å². The molecule has 2 aromatic carbocycles. The molecule has 1 aliphatic rings. The molecule has 33 heavy (non-hydrogen) atoms. The van der Waals surface area contributed by atoms with Crippen LogP contribution in [0.3, 0.4) is 0 Å². The number of ketones is 1. The molecule has 1 fully saturated rings. The summed E-state index contributed by atoms with van der Waals surface area (Å²) in [4.78, 5) is 31.6. The average molecular weight is 448 g/mol. The Balaban J connectivity index is 1.89. The third-order valence-corrected chi connectivity index (χ3v) is 5.47. The first-order valence-electron chi connectivity index (χ1n) is 10.1. The van der Waals surface area contributed by atoms with Crippen molar-refractivity contribution in [3.63, 3.8) is 0 Å². The summed E-state index contributed by atoms with van der Waals surface area (Å²) in [5.41, 5.74) is 1.30. The minimum Gasteiger partial charge on any atom is -0.507 e. The number of nitrogens with zero attached hydrogens (tertiary/aromatic N) is 2. The lowest BCUT2D eigenvalue weighted by Crippen LogP contribution is -2.29. The molecule has 7 nitrogen and oxygen atoms in total. The molecule has 1 atom stereocenters. The Kier molecular flexibility index (Phi) is 6.08. The number of halogens is 1. The third kappa shape index (κ3) is 4.15. The van der Waals surface area contributed by atoms with Crippen LogP contribution in [0.5, 0.6) is 11.5 Å². The number of hydrogen-bond acceptors (Lipinski definition) is 6. The van der Waals surface area contributed by atoms with Crippen molar-refractivity contribution in [1.82, 2.24) is 9.88 Å². The van der Waals surface area contributed by atoms with E-state index in [0.717, 1.165) is 0 Å². The topological polar surface area (TPSA) is 89.0 Å².